The molecule has 0 spiro atoms. The zero-order valence-corrected chi connectivity index (χ0v) is 12.9. The number of anilines is 1. The summed E-state index contributed by atoms with van der Waals surface area (Å²) in [6, 6.07) is 0. The van der Waals surface area contributed by atoms with Crippen LogP contribution in [0.3, 0.4) is 0 Å². The predicted molar refractivity (Wildman–Crippen MR) is 80.4 cm³/mol. The van der Waals surface area contributed by atoms with Gasteiger partial charge in [0.25, 0.3) is 0 Å². The highest BCUT2D eigenvalue weighted by Crippen LogP contribution is 2.15. The van der Waals surface area contributed by atoms with Gasteiger partial charge in [-0.3, -0.25) is 14.5 Å². The first kappa shape index (κ1) is 15.9. The molecular weight excluding hydrogens is 292 g/mol. The fourth-order valence-electron chi connectivity index (χ4n) is 2.00. The third-order valence-corrected chi connectivity index (χ3v) is 3.84. The van der Waals surface area contributed by atoms with E-state index in [4.69, 9.17) is 4.74 Å². The maximum Gasteiger partial charge on any atom is 0.226 e. The molecule has 1 aromatic rings. The van der Waals surface area contributed by atoms with Gasteiger partial charge in [0, 0.05) is 38.5 Å². The molecule has 7 nitrogen and oxygen atoms in total. The number of aromatic nitrogens is 1. The fraction of sp³-hybridized carbons (Fsp3) is 0.615. The van der Waals surface area contributed by atoms with E-state index < -0.39 is 0 Å². The number of morpholine rings is 1. The van der Waals surface area contributed by atoms with Crippen LogP contribution in [0.25, 0.3) is 0 Å². The monoisotopic (exact) mass is 312 g/mol. The Kier molecular flexibility index (Phi) is 6.09. The number of thiazole rings is 1. The highest BCUT2D eigenvalue weighted by molar-refractivity contribution is 7.13. The van der Waals surface area contributed by atoms with Gasteiger partial charge in [0.2, 0.25) is 11.8 Å². The minimum Gasteiger partial charge on any atom is -0.379 e. The van der Waals surface area contributed by atoms with Crippen molar-refractivity contribution in [3.63, 3.8) is 0 Å². The summed E-state index contributed by atoms with van der Waals surface area (Å²) in [4.78, 5) is 29.2. The molecular formula is C13H20N4O3S. The van der Waals surface area contributed by atoms with Gasteiger partial charge in [-0.2, -0.15) is 0 Å². The molecule has 2 heterocycles. The molecule has 8 heteroatoms. The van der Waals surface area contributed by atoms with Crippen LogP contribution in [-0.2, 0) is 20.7 Å². The molecule has 0 bridgehead atoms. The third kappa shape index (κ3) is 5.78. The molecule has 1 aliphatic heterocycles. The molecule has 0 aliphatic carbocycles. The molecule has 1 fully saturated rings. The molecule has 2 rings (SSSR count). The zero-order chi connectivity index (χ0) is 15.1. The Morgan fingerprint density at radius 3 is 2.90 bits per heavy atom. The molecule has 1 aliphatic rings. The SMILES string of the molecule is CC(=O)Nc1nc(CC(=O)NCCN2CCOCC2)cs1. The smallest absolute Gasteiger partial charge is 0.226 e. The minimum atomic E-state index is -0.161. The lowest BCUT2D eigenvalue weighted by Crippen LogP contribution is -2.41. The van der Waals surface area contributed by atoms with E-state index in [0.29, 0.717) is 17.4 Å². The molecule has 0 saturated carbocycles. The van der Waals surface area contributed by atoms with Crippen LogP contribution in [0.2, 0.25) is 0 Å². The first-order valence-electron chi connectivity index (χ1n) is 6.92. The van der Waals surface area contributed by atoms with Crippen molar-refractivity contribution in [3.8, 4) is 0 Å². The molecule has 2 amide bonds. The van der Waals surface area contributed by atoms with Crippen molar-refractivity contribution in [2.45, 2.75) is 13.3 Å². The summed E-state index contributed by atoms with van der Waals surface area (Å²) in [6.07, 6.45) is 0.235. The van der Waals surface area contributed by atoms with Gasteiger partial charge >= 0.3 is 0 Å². The van der Waals surface area contributed by atoms with Gasteiger partial charge in [-0.05, 0) is 0 Å². The highest BCUT2D eigenvalue weighted by Gasteiger charge is 2.11. The maximum atomic E-state index is 11.8. The fourth-order valence-corrected chi connectivity index (χ4v) is 2.76. The Balaban J connectivity index is 1.66. The average molecular weight is 312 g/mol. The predicted octanol–water partition coefficient (Wildman–Crippen LogP) is 0.0924. The number of nitrogens with one attached hydrogen (secondary N) is 2. The van der Waals surface area contributed by atoms with E-state index in [2.05, 4.69) is 20.5 Å². The van der Waals surface area contributed by atoms with Crippen molar-refractivity contribution < 1.29 is 14.3 Å². The second-order valence-corrected chi connectivity index (χ2v) is 5.66. The van der Waals surface area contributed by atoms with E-state index in [1.54, 1.807) is 5.38 Å². The van der Waals surface area contributed by atoms with E-state index >= 15 is 0 Å². The van der Waals surface area contributed by atoms with Crippen molar-refractivity contribution in [2.24, 2.45) is 0 Å². The standard InChI is InChI=1S/C13H20N4O3S/c1-10(18)15-13-16-11(9-21-13)8-12(19)14-2-3-17-4-6-20-7-5-17/h9H,2-8H2,1H3,(H,14,19)(H,15,16,18). The van der Waals surface area contributed by atoms with Gasteiger partial charge in [-0.1, -0.05) is 0 Å². The Morgan fingerprint density at radius 2 is 2.19 bits per heavy atom. The quantitative estimate of drug-likeness (QED) is 0.778. The van der Waals surface area contributed by atoms with Crippen molar-refractivity contribution in [3.05, 3.63) is 11.1 Å². The number of carbonyl (C=O) groups is 2. The maximum absolute atomic E-state index is 11.8. The number of hydrogen-bond donors (Lipinski definition) is 2. The number of hydrogen-bond acceptors (Lipinski definition) is 6. The van der Waals surface area contributed by atoms with Crippen LogP contribution in [0.4, 0.5) is 5.13 Å². The Bertz CT molecular complexity index is 486. The molecule has 0 aromatic carbocycles. The third-order valence-electron chi connectivity index (χ3n) is 3.03. The molecule has 0 radical (unpaired) electrons. The Labute approximate surface area is 127 Å². The van der Waals surface area contributed by atoms with Crippen LogP contribution in [0, 0.1) is 0 Å². The first-order chi connectivity index (χ1) is 10.1. The number of nitrogens with zero attached hydrogens (tertiary/aromatic N) is 2. The lowest BCUT2D eigenvalue weighted by molar-refractivity contribution is -0.120. The van der Waals surface area contributed by atoms with Crippen LogP contribution in [0.1, 0.15) is 12.6 Å². The average Bonchev–Trinajstić information content (AvgIpc) is 2.86. The number of amides is 2. The molecule has 116 valence electrons. The van der Waals surface area contributed by atoms with Crippen LogP contribution in [-0.4, -0.2) is 61.1 Å². The molecule has 2 N–H and O–H groups in total. The topological polar surface area (TPSA) is 83.6 Å². The van der Waals surface area contributed by atoms with E-state index in [1.807, 2.05) is 0 Å². The van der Waals surface area contributed by atoms with Gasteiger partial charge in [-0.25, -0.2) is 4.98 Å². The summed E-state index contributed by atoms with van der Waals surface area (Å²) >= 11 is 1.32. The van der Waals surface area contributed by atoms with Gasteiger partial charge in [-0.15, -0.1) is 11.3 Å². The van der Waals surface area contributed by atoms with E-state index in [1.165, 1.54) is 18.3 Å². The summed E-state index contributed by atoms with van der Waals surface area (Å²) in [5.74, 6) is -0.214. The van der Waals surface area contributed by atoms with Crippen LogP contribution in [0.15, 0.2) is 5.38 Å². The zero-order valence-electron chi connectivity index (χ0n) is 12.1. The molecule has 1 aromatic heterocycles. The largest absolute Gasteiger partial charge is 0.379 e. The summed E-state index contributed by atoms with van der Waals surface area (Å²) in [6.45, 7) is 6.26. The molecule has 1 saturated heterocycles. The van der Waals surface area contributed by atoms with Crippen LogP contribution < -0.4 is 10.6 Å². The van der Waals surface area contributed by atoms with Gasteiger partial charge < -0.3 is 15.4 Å². The lowest BCUT2D eigenvalue weighted by Gasteiger charge is -2.26. The Hall–Kier alpha value is -1.51. The van der Waals surface area contributed by atoms with Gasteiger partial charge in [0.05, 0.1) is 25.3 Å². The van der Waals surface area contributed by atoms with Crippen LogP contribution >= 0.6 is 11.3 Å². The number of ether oxygens (including phenoxy) is 1. The number of carbonyl (C=O) groups excluding carboxylic acids is 2. The second-order valence-electron chi connectivity index (χ2n) is 4.81. The van der Waals surface area contributed by atoms with Crippen molar-refractivity contribution in [1.29, 1.82) is 0 Å². The summed E-state index contributed by atoms with van der Waals surface area (Å²) < 4.78 is 5.27. The van der Waals surface area contributed by atoms with E-state index in [0.717, 1.165) is 32.8 Å². The Morgan fingerprint density at radius 1 is 1.43 bits per heavy atom. The lowest BCUT2D eigenvalue weighted by atomic mass is 10.3. The summed E-state index contributed by atoms with van der Waals surface area (Å²) in [5.41, 5.74) is 0.674. The molecule has 0 atom stereocenters. The van der Waals surface area contributed by atoms with Gasteiger partial charge in [0.1, 0.15) is 0 Å². The normalized spacial score (nSPS) is 15.7. The highest BCUT2D eigenvalue weighted by atomic mass is 32.1. The number of rotatable bonds is 6. The summed E-state index contributed by atoms with van der Waals surface area (Å²) in [7, 11) is 0. The van der Waals surface area contributed by atoms with E-state index in [9.17, 15) is 9.59 Å². The second kappa shape index (κ2) is 8.06. The van der Waals surface area contributed by atoms with Gasteiger partial charge in [0.15, 0.2) is 5.13 Å². The molecule has 21 heavy (non-hydrogen) atoms. The van der Waals surface area contributed by atoms with Crippen LogP contribution in [0.5, 0.6) is 0 Å². The summed E-state index contributed by atoms with van der Waals surface area (Å²) in [5, 5.41) is 7.80. The minimum absolute atomic E-state index is 0.0528. The van der Waals surface area contributed by atoms with Crippen molar-refractivity contribution in [2.75, 3.05) is 44.7 Å². The van der Waals surface area contributed by atoms with Crippen molar-refractivity contribution in [1.82, 2.24) is 15.2 Å². The molecule has 0 unspecified atom stereocenters. The first-order valence-corrected chi connectivity index (χ1v) is 7.80. The van der Waals surface area contributed by atoms with E-state index in [-0.39, 0.29) is 18.2 Å². The van der Waals surface area contributed by atoms with Crippen molar-refractivity contribution >= 4 is 28.3 Å².